The first kappa shape index (κ1) is 30.0. The van der Waals surface area contributed by atoms with Gasteiger partial charge >= 0.3 is 17.4 Å². The molecule has 6 rings (SSSR count). The molecular weight excluding hydrogens is 508 g/mol. The van der Waals surface area contributed by atoms with Crippen LogP contribution in [0.5, 0.6) is 0 Å². The van der Waals surface area contributed by atoms with E-state index < -0.39 is 0 Å². The second-order valence-electron chi connectivity index (χ2n) is 8.35. The van der Waals surface area contributed by atoms with Crippen LogP contribution < -0.4 is 15.3 Å². The summed E-state index contributed by atoms with van der Waals surface area (Å²) in [4.78, 5) is 0. The predicted octanol–water partition coefficient (Wildman–Crippen LogP) is 6.68. The molecule has 191 valence electrons. The Morgan fingerprint density at radius 3 is 0.816 bits per heavy atom. The second kappa shape index (κ2) is 15.2. The number of hydrogen-bond donors (Lipinski definition) is 0. The van der Waals surface area contributed by atoms with Gasteiger partial charge in [-0.3, -0.25) is 0 Å². The van der Waals surface area contributed by atoms with E-state index in [4.69, 9.17) is 0 Å². The van der Waals surface area contributed by atoms with Gasteiger partial charge in [0.15, 0.2) is 0 Å². The van der Waals surface area contributed by atoms with E-state index in [-0.39, 0.29) is 24.8 Å². The molecular formula is C31H31CrN6. The van der Waals surface area contributed by atoms with Gasteiger partial charge in [-0.2, -0.15) is 18.6 Å². The first-order chi connectivity index (χ1) is 17.6. The van der Waals surface area contributed by atoms with E-state index in [0.717, 1.165) is 33.8 Å². The predicted molar refractivity (Wildman–Crippen MR) is 150 cm³/mol. The van der Waals surface area contributed by atoms with E-state index in [0.29, 0.717) is 0 Å². The first-order valence-electron chi connectivity index (χ1n) is 11.6. The topological polar surface area (TPSA) is 81.0 Å². The van der Waals surface area contributed by atoms with Crippen LogP contribution in [-0.4, -0.2) is 15.3 Å². The standard InChI is InChI=1S/3C10H9N2.CH4.Cr/c3*1-8-2-4-9(5-3-8)10-6-7-11-12-10;;/h3*2-7H,1H3;1H4;/q3*-1;;+3. The molecule has 6 nitrogen and oxygen atoms in total. The zero-order valence-corrected chi connectivity index (χ0v) is 22.3. The number of hydrogen-bond acceptors (Lipinski definition) is 3. The third kappa shape index (κ3) is 8.74. The van der Waals surface area contributed by atoms with Crippen molar-refractivity contribution < 1.29 is 17.4 Å². The fourth-order valence-corrected chi connectivity index (χ4v) is 3.33. The van der Waals surface area contributed by atoms with E-state index >= 15 is 0 Å². The Labute approximate surface area is 235 Å². The zero-order valence-electron chi connectivity index (χ0n) is 21.0. The van der Waals surface area contributed by atoms with E-state index in [1.807, 2.05) is 18.2 Å². The number of aryl methyl sites for hydroxylation is 3. The van der Waals surface area contributed by atoms with Crippen molar-refractivity contribution in [2.24, 2.45) is 0 Å². The van der Waals surface area contributed by atoms with Gasteiger partial charge in [0.2, 0.25) is 0 Å². The third-order valence-electron chi connectivity index (χ3n) is 5.44. The molecule has 0 fully saturated rings. The SMILES string of the molecule is C.Cc1ccc(-c2cc[n-]n2)cc1.Cc1ccc(-c2cc[n-]n2)cc1.Cc1ccc(-c2cc[n-]n2)cc1.[Cr+3]. The summed E-state index contributed by atoms with van der Waals surface area (Å²) in [6.45, 7) is 6.21. The summed E-state index contributed by atoms with van der Waals surface area (Å²) in [6.07, 6.45) is 5.11. The van der Waals surface area contributed by atoms with Gasteiger partial charge in [0.25, 0.3) is 0 Å². The van der Waals surface area contributed by atoms with Crippen molar-refractivity contribution in [2.75, 3.05) is 0 Å². The van der Waals surface area contributed by atoms with Gasteiger partial charge in [-0.15, -0.1) is 0 Å². The Balaban J connectivity index is 0.000000195. The van der Waals surface area contributed by atoms with Crippen LogP contribution in [0, 0.1) is 20.8 Å². The number of rotatable bonds is 3. The third-order valence-corrected chi connectivity index (χ3v) is 5.44. The Hall–Kier alpha value is -4.18. The molecule has 3 aromatic heterocycles. The molecule has 0 saturated carbocycles. The molecule has 0 aliphatic carbocycles. The van der Waals surface area contributed by atoms with Crippen LogP contribution in [0.4, 0.5) is 0 Å². The van der Waals surface area contributed by atoms with Gasteiger partial charge in [-0.05, 0) is 37.5 Å². The van der Waals surface area contributed by atoms with Crippen LogP contribution in [0.2, 0.25) is 0 Å². The second-order valence-corrected chi connectivity index (χ2v) is 8.35. The van der Waals surface area contributed by atoms with E-state index in [2.05, 4.69) is 124 Å². The largest absolute Gasteiger partial charge is 3.00 e. The Kier molecular flexibility index (Phi) is 12.0. The molecule has 3 aromatic carbocycles. The van der Waals surface area contributed by atoms with Gasteiger partial charge in [0.1, 0.15) is 0 Å². The minimum absolute atomic E-state index is 0. The molecule has 0 bridgehead atoms. The smallest absolute Gasteiger partial charge is 0.581 e. The molecule has 0 N–H and O–H groups in total. The van der Waals surface area contributed by atoms with Gasteiger partial charge in [-0.25, -0.2) is 0 Å². The van der Waals surface area contributed by atoms with Crippen molar-refractivity contribution in [1.29, 1.82) is 0 Å². The molecule has 38 heavy (non-hydrogen) atoms. The van der Waals surface area contributed by atoms with Crippen molar-refractivity contribution in [2.45, 2.75) is 28.2 Å². The van der Waals surface area contributed by atoms with Crippen molar-refractivity contribution in [3.8, 4) is 33.8 Å². The van der Waals surface area contributed by atoms with Crippen LogP contribution in [0.3, 0.4) is 0 Å². The number of aromatic nitrogens is 6. The average molecular weight is 540 g/mol. The minimum atomic E-state index is 0. The molecule has 7 heteroatoms. The molecule has 0 aliphatic heterocycles. The first-order valence-corrected chi connectivity index (χ1v) is 11.6. The van der Waals surface area contributed by atoms with Crippen LogP contribution in [0.1, 0.15) is 24.1 Å². The quantitative estimate of drug-likeness (QED) is 0.250. The van der Waals surface area contributed by atoms with Crippen molar-refractivity contribution >= 4 is 0 Å². The summed E-state index contributed by atoms with van der Waals surface area (Å²) in [5, 5.41) is 23.2. The van der Waals surface area contributed by atoms with Gasteiger partial charge in [0.05, 0.1) is 0 Å². The zero-order chi connectivity index (χ0) is 25.2. The molecule has 0 amide bonds. The summed E-state index contributed by atoms with van der Waals surface area (Å²) in [7, 11) is 0. The molecule has 0 spiro atoms. The monoisotopic (exact) mass is 539 g/mol. The Morgan fingerprint density at radius 1 is 0.395 bits per heavy atom. The molecule has 0 aliphatic rings. The molecule has 0 atom stereocenters. The number of benzene rings is 3. The average Bonchev–Trinajstić information content (AvgIpc) is 3.70. The summed E-state index contributed by atoms with van der Waals surface area (Å²) in [5.41, 5.74) is 9.98. The van der Waals surface area contributed by atoms with Gasteiger partial charge in [-0.1, -0.05) is 115 Å². The molecule has 0 unspecified atom stereocenters. The van der Waals surface area contributed by atoms with Crippen LogP contribution >= 0.6 is 0 Å². The summed E-state index contributed by atoms with van der Waals surface area (Å²) >= 11 is 0. The Bertz CT molecular complexity index is 1220. The fraction of sp³-hybridized carbons (Fsp3) is 0.129. The Morgan fingerprint density at radius 2 is 0.632 bits per heavy atom. The molecule has 0 saturated heterocycles. The normalized spacial score (nSPS) is 9.55. The maximum absolute atomic E-state index is 3.97. The maximum atomic E-state index is 3.97. The fourth-order valence-electron chi connectivity index (χ4n) is 3.33. The molecule has 6 aromatic rings. The molecule has 3 heterocycles. The molecule has 1 radical (unpaired) electrons. The van der Waals surface area contributed by atoms with Crippen LogP contribution in [-0.2, 0) is 17.4 Å². The van der Waals surface area contributed by atoms with Gasteiger partial charge < -0.3 is 30.6 Å². The summed E-state index contributed by atoms with van der Waals surface area (Å²) in [6, 6.07) is 30.5. The van der Waals surface area contributed by atoms with E-state index in [9.17, 15) is 0 Å². The number of nitrogens with zero attached hydrogens (tertiary/aromatic N) is 6. The van der Waals surface area contributed by atoms with Crippen LogP contribution in [0.25, 0.3) is 33.8 Å². The maximum Gasteiger partial charge on any atom is 3.00 e. The summed E-state index contributed by atoms with van der Waals surface area (Å²) < 4.78 is 0. The minimum Gasteiger partial charge on any atom is -0.581 e. The summed E-state index contributed by atoms with van der Waals surface area (Å²) in [5.74, 6) is 0. The van der Waals surface area contributed by atoms with E-state index in [1.54, 1.807) is 18.6 Å². The van der Waals surface area contributed by atoms with E-state index in [1.165, 1.54) is 16.7 Å². The van der Waals surface area contributed by atoms with Crippen molar-refractivity contribution in [3.05, 3.63) is 126 Å². The van der Waals surface area contributed by atoms with Crippen molar-refractivity contribution in [1.82, 2.24) is 30.6 Å². The van der Waals surface area contributed by atoms with Crippen LogP contribution in [0.15, 0.2) is 110 Å². The van der Waals surface area contributed by atoms with Crippen molar-refractivity contribution in [3.63, 3.8) is 0 Å². The van der Waals surface area contributed by atoms with Gasteiger partial charge in [0, 0.05) is 17.1 Å².